The first kappa shape index (κ1) is 10.6. The van der Waals surface area contributed by atoms with Crippen molar-refractivity contribution in [1.82, 2.24) is 20.1 Å². The van der Waals surface area contributed by atoms with E-state index in [2.05, 4.69) is 29.2 Å². The van der Waals surface area contributed by atoms with Gasteiger partial charge >= 0.3 is 0 Å². The summed E-state index contributed by atoms with van der Waals surface area (Å²) in [7, 11) is 0. The van der Waals surface area contributed by atoms with Crippen molar-refractivity contribution in [2.24, 2.45) is 5.92 Å². The van der Waals surface area contributed by atoms with Crippen LogP contribution in [-0.4, -0.2) is 27.9 Å². The lowest BCUT2D eigenvalue weighted by molar-refractivity contribution is 0.315. The Morgan fingerprint density at radius 1 is 1.53 bits per heavy atom. The average Bonchev–Trinajstić information content (AvgIpc) is 2.77. The van der Waals surface area contributed by atoms with Crippen LogP contribution in [0.1, 0.15) is 38.4 Å². The summed E-state index contributed by atoms with van der Waals surface area (Å²) in [5.41, 5.74) is 0. The van der Waals surface area contributed by atoms with E-state index in [4.69, 9.17) is 0 Å². The van der Waals surface area contributed by atoms with Crippen molar-refractivity contribution >= 4 is 0 Å². The van der Waals surface area contributed by atoms with Gasteiger partial charge in [-0.1, -0.05) is 6.92 Å². The highest BCUT2D eigenvalue weighted by Crippen LogP contribution is 2.28. The van der Waals surface area contributed by atoms with E-state index in [9.17, 15) is 0 Å². The lowest BCUT2D eigenvalue weighted by atomic mass is 9.85. The Balaban J connectivity index is 2.08. The molecule has 1 aromatic rings. The van der Waals surface area contributed by atoms with Crippen molar-refractivity contribution in [3.05, 3.63) is 12.2 Å². The fraction of sp³-hybridized carbons (Fsp3) is 0.818. The molecule has 15 heavy (non-hydrogen) atoms. The lowest BCUT2D eigenvalue weighted by Crippen LogP contribution is -2.31. The van der Waals surface area contributed by atoms with E-state index in [1.807, 2.05) is 4.68 Å². The Kier molecular flexibility index (Phi) is 3.36. The minimum atomic E-state index is 0.537. The predicted molar refractivity (Wildman–Crippen MR) is 59.7 cm³/mol. The average molecular weight is 208 g/mol. The largest absolute Gasteiger partial charge is 0.317 e. The minimum absolute atomic E-state index is 0.537. The number of piperidine rings is 1. The van der Waals surface area contributed by atoms with Crippen molar-refractivity contribution in [2.45, 2.75) is 39.2 Å². The van der Waals surface area contributed by atoms with Crippen LogP contribution in [0.25, 0.3) is 0 Å². The number of aryl methyl sites for hydroxylation is 1. The Morgan fingerprint density at radius 3 is 2.93 bits per heavy atom. The number of rotatable bonds is 3. The summed E-state index contributed by atoms with van der Waals surface area (Å²) < 4.78 is 2.02. The summed E-state index contributed by atoms with van der Waals surface area (Å²) in [6, 6.07) is 0. The summed E-state index contributed by atoms with van der Waals surface area (Å²) in [5.74, 6) is 2.46. The third-order valence-corrected chi connectivity index (χ3v) is 3.44. The number of hydrogen-bond donors (Lipinski definition) is 1. The quantitative estimate of drug-likeness (QED) is 0.816. The third-order valence-electron chi connectivity index (χ3n) is 3.44. The van der Waals surface area contributed by atoms with Crippen LogP contribution in [-0.2, 0) is 6.54 Å². The summed E-state index contributed by atoms with van der Waals surface area (Å²) in [6.07, 6.45) is 4.20. The van der Waals surface area contributed by atoms with Crippen molar-refractivity contribution < 1.29 is 0 Å². The predicted octanol–water partition coefficient (Wildman–Crippen LogP) is 1.40. The highest BCUT2D eigenvalue weighted by Gasteiger charge is 2.24. The molecule has 4 heteroatoms. The molecule has 1 atom stereocenters. The second-order valence-electron chi connectivity index (χ2n) is 4.31. The molecule has 0 amide bonds. The molecule has 1 N–H and O–H groups in total. The van der Waals surface area contributed by atoms with Gasteiger partial charge in [0.1, 0.15) is 12.2 Å². The van der Waals surface area contributed by atoms with Crippen LogP contribution >= 0.6 is 0 Å². The van der Waals surface area contributed by atoms with Crippen molar-refractivity contribution in [2.75, 3.05) is 13.1 Å². The molecule has 4 nitrogen and oxygen atoms in total. The topological polar surface area (TPSA) is 42.7 Å². The van der Waals surface area contributed by atoms with E-state index in [0.717, 1.165) is 31.4 Å². The van der Waals surface area contributed by atoms with Crippen molar-refractivity contribution in [1.29, 1.82) is 0 Å². The zero-order chi connectivity index (χ0) is 10.7. The number of nitrogens with zero attached hydrogens (tertiary/aromatic N) is 3. The zero-order valence-electron chi connectivity index (χ0n) is 9.61. The molecule has 0 bridgehead atoms. The lowest BCUT2D eigenvalue weighted by Gasteiger charge is -2.27. The second-order valence-corrected chi connectivity index (χ2v) is 4.31. The highest BCUT2D eigenvalue weighted by atomic mass is 15.3. The van der Waals surface area contributed by atoms with E-state index in [0.29, 0.717) is 5.92 Å². The fourth-order valence-electron chi connectivity index (χ4n) is 2.42. The molecule has 1 unspecified atom stereocenters. The maximum atomic E-state index is 4.39. The van der Waals surface area contributed by atoms with Crippen LogP contribution in [0.2, 0.25) is 0 Å². The third kappa shape index (κ3) is 2.20. The van der Waals surface area contributed by atoms with Gasteiger partial charge in [-0.15, -0.1) is 0 Å². The van der Waals surface area contributed by atoms with E-state index in [1.54, 1.807) is 6.33 Å². The molecule has 0 aromatic carbocycles. The molecule has 1 aliphatic heterocycles. The van der Waals surface area contributed by atoms with Crippen molar-refractivity contribution in [3.63, 3.8) is 0 Å². The summed E-state index contributed by atoms with van der Waals surface area (Å²) in [4.78, 5) is 4.39. The van der Waals surface area contributed by atoms with Crippen LogP contribution in [0.3, 0.4) is 0 Å². The maximum Gasteiger partial charge on any atom is 0.138 e. The van der Waals surface area contributed by atoms with Crippen LogP contribution < -0.4 is 5.32 Å². The Labute approximate surface area is 91.1 Å². The van der Waals surface area contributed by atoms with E-state index in [-0.39, 0.29) is 0 Å². The van der Waals surface area contributed by atoms with Gasteiger partial charge in [-0.25, -0.2) is 4.98 Å². The zero-order valence-corrected chi connectivity index (χ0v) is 9.61. The molecule has 1 aliphatic rings. The molecular weight excluding hydrogens is 188 g/mol. The van der Waals surface area contributed by atoms with Crippen LogP contribution in [0.15, 0.2) is 6.33 Å². The molecular formula is C11H20N4. The standard InChI is InChI=1S/C11H20N4/c1-3-15-11(13-8-14-15)9(2)10-4-6-12-7-5-10/h8-10,12H,3-7H2,1-2H3. The molecule has 1 saturated heterocycles. The Hall–Kier alpha value is -0.900. The molecule has 2 rings (SSSR count). The fourth-order valence-corrected chi connectivity index (χ4v) is 2.42. The van der Waals surface area contributed by atoms with Crippen LogP contribution in [0.5, 0.6) is 0 Å². The molecule has 0 spiro atoms. The normalized spacial score (nSPS) is 20.4. The summed E-state index contributed by atoms with van der Waals surface area (Å²) >= 11 is 0. The molecule has 2 heterocycles. The van der Waals surface area contributed by atoms with Gasteiger partial charge in [0, 0.05) is 12.5 Å². The molecule has 0 aliphatic carbocycles. The van der Waals surface area contributed by atoms with Gasteiger partial charge in [0.05, 0.1) is 0 Å². The first-order valence-corrected chi connectivity index (χ1v) is 5.91. The Morgan fingerprint density at radius 2 is 2.27 bits per heavy atom. The van der Waals surface area contributed by atoms with E-state index < -0.39 is 0 Å². The van der Waals surface area contributed by atoms with Gasteiger partial charge in [0.15, 0.2) is 0 Å². The number of hydrogen-bond acceptors (Lipinski definition) is 3. The Bertz CT molecular complexity index is 301. The number of aromatic nitrogens is 3. The van der Waals surface area contributed by atoms with E-state index in [1.165, 1.54) is 12.8 Å². The molecule has 1 fully saturated rings. The monoisotopic (exact) mass is 208 g/mol. The van der Waals surface area contributed by atoms with Gasteiger partial charge in [-0.05, 0) is 38.8 Å². The van der Waals surface area contributed by atoms with Crippen LogP contribution in [0, 0.1) is 5.92 Å². The smallest absolute Gasteiger partial charge is 0.138 e. The van der Waals surface area contributed by atoms with Crippen molar-refractivity contribution in [3.8, 4) is 0 Å². The van der Waals surface area contributed by atoms with Crippen LogP contribution in [0.4, 0.5) is 0 Å². The molecule has 0 radical (unpaired) electrons. The van der Waals surface area contributed by atoms with Gasteiger partial charge < -0.3 is 5.32 Å². The summed E-state index contributed by atoms with van der Waals surface area (Å²) in [6.45, 7) is 7.62. The van der Waals surface area contributed by atoms with Gasteiger partial charge in [-0.3, -0.25) is 4.68 Å². The van der Waals surface area contributed by atoms with Gasteiger partial charge in [0.2, 0.25) is 0 Å². The first-order chi connectivity index (χ1) is 7.33. The molecule has 0 saturated carbocycles. The highest BCUT2D eigenvalue weighted by molar-refractivity contribution is 4.97. The first-order valence-electron chi connectivity index (χ1n) is 5.91. The second kappa shape index (κ2) is 4.75. The van der Waals surface area contributed by atoms with E-state index >= 15 is 0 Å². The maximum absolute atomic E-state index is 4.39. The van der Waals surface area contributed by atoms with Gasteiger partial charge in [0.25, 0.3) is 0 Å². The SMILES string of the molecule is CCn1ncnc1C(C)C1CCNCC1. The minimum Gasteiger partial charge on any atom is -0.317 e. The molecule has 84 valence electrons. The van der Waals surface area contributed by atoms with Gasteiger partial charge in [-0.2, -0.15) is 5.10 Å². The molecule has 1 aromatic heterocycles. The number of nitrogens with one attached hydrogen (secondary N) is 1. The summed E-state index contributed by atoms with van der Waals surface area (Å²) in [5, 5.41) is 7.64.